The van der Waals surface area contributed by atoms with Crippen LogP contribution in [0.3, 0.4) is 0 Å². The summed E-state index contributed by atoms with van der Waals surface area (Å²) in [6, 6.07) is 1.81. The molecule has 0 saturated heterocycles. The van der Waals surface area contributed by atoms with Crippen LogP contribution < -0.4 is 10.3 Å². The van der Waals surface area contributed by atoms with Crippen LogP contribution >= 0.6 is 11.6 Å². The lowest BCUT2D eigenvalue weighted by molar-refractivity contribution is -0.657. The lowest BCUT2D eigenvalue weighted by Crippen LogP contribution is -2.33. The number of H-pyrrole nitrogens is 1. The largest absolute Gasteiger partial charge is 0.354 e. The number of imidazole rings is 1. The van der Waals surface area contributed by atoms with Crippen molar-refractivity contribution in [3.05, 3.63) is 11.4 Å². The summed E-state index contributed by atoms with van der Waals surface area (Å²) in [6.07, 6.45) is 0. The number of nitriles is 1. The molecule has 1 rings (SSSR count). The van der Waals surface area contributed by atoms with Gasteiger partial charge in [0.15, 0.2) is 0 Å². The highest BCUT2D eigenvalue weighted by Crippen LogP contribution is 2.06. The van der Waals surface area contributed by atoms with Gasteiger partial charge in [-0.1, -0.05) is 0 Å². The molecule has 12 heavy (non-hydrogen) atoms. The third-order valence-electron chi connectivity index (χ3n) is 1.49. The zero-order valence-corrected chi connectivity index (χ0v) is 7.01. The second kappa shape index (κ2) is 2.83. The van der Waals surface area contributed by atoms with Crippen molar-refractivity contribution in [3.8, 4) is 6.07 Å². The molecular weight excluding hydrogens is 180 g/mol. The minimum Gasteiger partial charge on any atom is -0.290 e. The van der Waals surface area contributed by atoms with Gasteiger partial charge in [-0.05, 0) is 11.6 Å². The van der Waals surface area contributed by atoms with Gasteiger partial charge >= 0.3 is 5.95 Å². The first kappa shape index (κ1) is 8.56. The van der Waals surface area contributed by atoms with Gasteiger partial charge in [0.1, 0.15) is 6.07 Å². The van der Waals surface area contributed by atoms with Gasteiger partial charge in [0, 0.05) is 0 Å². The van der Waals surface area contributed by atoms with E-state index in [-0.39, 0.29) is 17.3 Å². The smallest absolute Gasteiger partial charge is 0.290 e. The number of nitrogens with zero attached hydrogens (tertiary/aromatic N) is 2. The van der Waals surface area contributed by atoms with Gasteiger partial charge in [-0.2, -0.15) is 5.26 Å². The number of carbonyl (C=O) groups excluding carboxylic acids is 1. The Morgan fingerprint density at radius 2 is 2.42 bits per heavy atom. The van der Waals surface area contributed by atoms with Crippen molar-refractivity contribution >= 4 is 22.8 Å². The normalized spacial score (nSPS) is 9.42. The molecule has 62 valence electrons. The second-order valence-corrected chi connectivity index (χ2v) is 2.52. The van der Waals surface area contributed by atoms with Crippen molar-refractivity contribution < 1.29 is 9.36 Å². The number of halogens is 1. The van der Waals surface area contributed by atoms with Crippen molar-refractivity contribution in [2.24, 2.45) is 7.05 Å². The second-order valence-electron chi connectivity index (χ2n) is 2.18. The van der Waals surface area contributed by atoms with E-state index in [0.29, 0.717) is 0 Å². The van der Waals surface area contributed by atoms with Crippen LogP contribution in [0, 0.1) is 11.3 Å². The van der Waals surface area contributed by atoms with Gasteiger partial charge in [-0.15, -0.1) is 0 Å². The lowest BCUT2D eigenvalue weighted by atomic mass is 10.4. The summed E-state index contributed by atoms with van der Waals surface area (Å²) in [5, 5.41) is 7.88. The average Bonchev–Trinajstić information content (AvgIpc) is 2.29. The Hall–Kier alpha value is -1.54. The third kappa shape index (κ3) is 1.12. The fourth-order valence-electron chi connectivity index (χ4n) is 0.832. The minimum atomic E-state index is -0.723. The molecule has 5 nitrogen and oxygen atoms in total. The Morgan fingerprint density at radius 3 is 2.75 bits per heavy atom. The molecule has 0 spiro atoms. The number of carbonyl (C=O) groups is 1. The molecule has 0 aromatic carbocycles. The maximum absolute atomic E-state index is 10.7. The lowest BCUT2D eigenvalue weighted by Gasteiger charge is -1.85. The van der Waals surface area contributed by atoms with E-state index in [1.54, 1.807) is 7.05 Å². The molecule has 6 heteroatoms. The number of nitrogens with two attached hydrogens (primary N) is 1. The van der Waals surface area contributed by atoms with Crippen LogP contribution in [-0.2, 0) is 7.05 Å². The monoisotopic (exact) mass is 185 g/mol. The predicted molar refractivity (Wildman–Crippen MR) is 41.3 cm³/mol. The molecule has 0 amide bonds. The topological polar surface area (TPSA) is 86.5 Å². The average molecular weight is 186 g/mol. The summed E-state index contributed by atoms with van der Waals surface area (Å²) < 4.78 is 1.36. The molecule has 0 saturated carbocycles. The molecule has 1 aromatic rings. The van der Waals surface area contributed by atoms with E-state index in [1.807, 2.05) is 6.07 Å². The first-order valence-electron chi connectivity index (χ1n) is 3.05. The van der Waals surface area contributed by atoms with Gasteiger partial charge < -0.3 is 0 Å². The van der Waals surface area contributed by atoms with E-state index >= 15 is 0 Å². The quantitative estimate of drug-likeness (QED) is 0.464. The molecule has 0 aliphatic rings. The summed E-state index contributed by atoms with van der Waals surface area (Å²) in [5.74, 6) is 0.218. The summed E-state index contributed by atoms with van der Waals surface area (Å²) >= 11 is 5.18. The van der Waals surface area contributed by atoms with E-state index in [1.165, 1.54) is 4.57 Å². The van der Waals surface area contributed by atoms with Crippen LogP contribution in [0.2, 0.25) is 0 Å². The van der Waals surface area contributed by atoms with Crippen molar-refractivity contribution in [2.75, 3.05) is 5.73 Å². The maximum atomic E-state index is 10.7. The Labute approximate surface area is 73.4 Å². The van der Waals surface area contributed by atoms with Crippen molar-refractivity contribution in [3.63, 3.8) is 0 Å². The van der Waals surface area contributed by atoms with Crippen LogP contribution in [0.1, 0.15) is 16.2 Å². The van der Waals surface area contributed by atoms with Gasteiger partial charge in [-0.3, -0.25) is 10.5 Å². The molecule has 0 bridgehead atoms. The highest BCUT2D eigenvalue weighted by molar-refractivity contribution is 6.67. The van der Waals surface area contributed by atoms with Crippen LogP contribution in [0.5, 0.6) is 0 Å². The van der Waals surface area contributed by atoms with E-state index in [0.717, 1.165) is 0 Å². The zero-order valence-electron chi connectivity index (χ0n) is 6.26. The first-order valence-corrected chi connectivity index (χ1v) is 3.43. The third-order valence-corrected chi connectivity index (χ3v) is 1.68. The molecule has 1 heterocycles. The zero-order chi connectivity index (χ0) is 9.30. The number of aromatic amines is 1. The van der Waals surface area contributed by atoms with Gasteiger partial charge in [0.25, 0.3) is 5.24 Å². The van der Waals surface area contributed by atoms with Crippen molar-refractivity contribution in [2.45, 2.75) is 0 Å². The first-order chi connectivity index (χ1) is 5.57. The standard InChI is InChI=1S/C6H5ClN4O/c1-11-3(2-8)4(5(7)12)10-6(11)9/h1H3,(H2,9,10)/p+1. The summed E-state index contributed by atoms with van der Waals surface area (Å²) in [5.41, 5.74) is 5.56. The predicted octanol–water partition coefficient (Wildman–Crippen LogP) is -0.328. The van der Waals surface area contributed by atoms with Crippen LogP contribution in [0.25, 0.3) is 0 Å². The molecule has 3 N–H and O–H groups in total. The highest BCUT2D eigenvalue weighted by atomic mass is 35.5. The molecule has 0 fully saturated rings. The number of rotatable bonds is 1. The number of aromatic nitrogens is 2. The molecule has 0 atom stereocenters. The molecule has 0 radical (unpaired) electrons. The number of nitrogens with one attached hydrogen (secondary N) is 1. The number of nitrogen functional groups attached to an aromatic ring is 1. The molecular formula is C6H6ClN4O+. The number of hydrogen-bond acceptors (Lipinski definition) is 3. The van der Waals surface area contributed by atoms with E-state index in [9.17, 15) is 4.79 Å². The molecule has 0 aliphatic carbocycles. The van der Waals surface area contributed by atoms with Crippen LogP contribution in [0.4, 0.5) is 5.95 Å². The van der Waals surface area contributed by atoms with E-state index in [2.05, 4.69) is 4.98 Å². The fourth-order valence-corrected chi connectivity index (χ4v) is 0.969. The summed E-state index contributed by atoms with van der Waals surface area (Å²) in [4.78, 5) is 13.2. The Bertz CT molecular complexity index is 376. The van der Waals surface area contributed by atoms with Crippen LogP contribution in [0.15, 0.2) is 0 Å². The van der Waals surface area contributed by atoms with Crippen molar-refractivity contribution in [1.29, 1.82) is 5.26 Å². The summed E-state index contributed by atoms with van der Waals surface area (Å²) in [7, 11) is 1.56. The molecule has 1 aromatic heterocycles. The number of hydrogen-bond donors (Lipinski definition) is 2. The number of anilines is 1. The van der Waals surface area contributed by atoms with Gasteiger partial charge in [-0.25, -0.2) is 9.55 Å². The molecule has 0 aliphatic heterocycles. The SMILES string of the molecule is C[n+]1c(N)[nH]c(C(=O)Cl)c1C#N. The highest BCUT2D eigenvalue weighted by Gasteiger charge is 2.22. The van der Waals surface area contributed by atoms with Gasteiger partial charge in [0.05, 0.1) is 7.05 Å². The summed E-state index contributed by atoms with van der Waals surface area (Å²) in [6.45, 7) is 0. The van der Waals surface area contributed by atoms with Gasteiger partial charge in [0.2, 0.25) is 11.4 Å². The van der Waals surface area contributed by atoms with Crippen LogP contribution in [-0.4, -0.2) is 10.2 Å². The molecule has 0 unspecified atom stereocenters. The van der Waals surface area contributed by atoms with E-state index in [4.69, 9.17) is 22.6 Å². The van der Waals surface area contributed by atoms with E-state index < -0.39 is 5.24 Å². The fraction of sp³-hybridized carbons (Fsp3) is 0.167. The van der Waals surface area contributed by atoms with Crippen molar-refractivity contribution in [1.82, 2.24) is 4.98 Å². The maximum Gasteiger partial charge on any atom is 0.354 e. The minimum absolute atomic E-state index is 0.0270. The Kier molecular flexibility index (Phi) is 2.02. The Balaban J connectivity index is 3.42. The Morgan fingerprint density at radius 1 is 1.83 bits per heavy atom.